The van der Waals surface area contributed by atoms with Crippen molar-refractivity contribution in [3.63, 3.8) is 0 Å². The topological polar surface area (TPSA) is 29.5 Å². The summed E-state index contributed by atoms with van der Waals surface area (Å²) >= 11 is 0. The van der Waals surface area contributed by atoms with Gasteiger partial charge in [0.25, 0.3) is 0 Å². The van der Waals surface area contributed by atoms with Crippen LogP contribution in [-0.4, -0.2) is 17.5 Å². The van der Waals surface area contributed by atoms with Crippen molar-refractivity contribution in [3.8, 4) is 0 Å². The van der Waals surface area contributed by atoms with Crippen LogP contribution in [0.15, 0.2) is 0 Å². The van der Waals surface area contributed by atoms with Crippen LogP contribution in [0, 0.1) is 0 Å². The molecule has 0 aliphatic heterocycles. The molecule has 10 heavy (non-hydrogen) atoms. The minimum Gasteiger partial charge on any atom is -0.368 e. The summed E-state index contributed by atoms with van der Waals surface area (Å²) in [6.45, 7) is 1.68. The minimum atomic E-state index is -0.580. The van der Waals surface area contributed by atoms with Gasteiger partial charge in [-0.1, -0.05) is 19.3 Å². The molecule has 1 aliphatic rings. The summed E-state index contributed by atoms with van der Waals surface area (Å²) in [7, 11) is 0. The lowest BCUT2D eigenvalue weighted by Gasteiger charge is -2.23. The van der Waals surface area contributed by atoms with Gasteiger partial charge in [-0.2, -0.15) is 0 Å². The predicted octanol–water partition coefficient (Wildman–Crippen LogP) is 1.67. The molecule has 0 aromatic heterocycles. The van der Waals surface area contributed by atoms with E-state index < -0.39 is 6.29 Å². The van der Waals surface area contributed by atoms with Crippen molar-refractivity contribution in [3.05, 3.63) is 0 Å². The van der Waals surface area contributed by atoms with Crippen molar-refractivity contribution >= 4 is 0 Å². The normalized spacial score (nSPS) is 24.6. The van der Waals surface area contributed by atoms with Crippen molar-refractivity contribution in [2.75, 3.05) is 0 Å². The highest BCUT2D eigenvalue weighted by atomic mass is 16.6. The lowest BCUT2D eigenvalue weighted by Crippen LogP contribution is -2.21. The van der Waals surface area contributed by atoms with Crippen LogP contribution < -0.4 is 0 Å². The predicted molar refractivity (Wildman–Crippen MR) is 39.6 cm³/mol. The van der Waals surface area contributed by atoms with Gasteiger partial charge in [0.05, 0.1) is 6.10 Å². The number of hydrogen-bond acceptors (Lipinski definition) is 2. The van der Waals surface area contributed by atoms with Crippen LogP contribution in [0.3, 0.4) is 0 Å². The second-order valence-corrected chi connectivity index (χ2v) is 3.00. The first kappa shape index (κ1) is 8.02. The van der Waals surface area contributed by atoms with E-state index in [-0.39, 0.29) is 0 Å². The molecule has 0 unspecified atom stereocenters. The smallest absolute Gasteiger partial charge is 0.152 e. The fourth-order valence-corrected chi connectivity index (χ4v) is 1.48. The Hall–Kier alpha value is -0.0800. The molecule has 60 valence electrons. The van der Waals surface area contributed by atoms with Crippen molar-refractivity contribution in [1.29, 1.82) is 0 Å². The van der Waals surface area contributed by atoms with Gasteiger partial charge >= 0.3 is 0 Å². The Morgan fingerprint density at radius 2 is 1.90 bits per heavy atom. The Bertz CT molecular complexity index is 85.3. The molecule has 1 rings (SSSR count). The Morgan fingerprint density at radius 1 is 1.30 bits per heavy atom. The zero-order valence-corrected chi connectivity index (χ0v) is 6.55. The van der Waals surface area contributed by atoms with Crippen molar-refractivity contribution in [2.24, 2.45) is 0 Å². The number of hydrogen-bond donors (Lipinski definition) is 1. The second-order valence-electron chi connectivity index (χ2n) is 3.00. The summed E-state index contributed by atoms with van der Waals surface area (Å²) in [4.78, 5) is 0. The first-order chi connectivity index (χ1) is 4.79. The molecular weight excluding hydrogens is 128 g/mol. The van der Waals surface area contributed by atoms with Crippen LogP contribution in [0.2, 0.25) is 0 Å². The zero-order chi connectivity index (χ0) is 7.40. The average molecular weight is 144 g/mol. The number of aliphatic hydroxyl groups is 1. The molecule has 0 heterocycles. The van der Waals surface area contributed by atoms with Crippen LogP contribution in [0.4, 0.5) is 0 Å². The largest absolute Gasteiger partial charge is 0.368 e. The van der Waals surface area contributed by atoms with Gasteiger partial charge in [-0.25, -0.2) is 0 Å². The molecular formula is C8H16O2. The Balaban J connectivity index is 2.13. The van der Waals surface area contributed by atoms with E-state index in [2.05, 4.69) is 0 Å². The van der Waals surface area contributed by atoms with Gasteiger partial charge in [-0.15, -0.1) is 0 Å². The summed E-state index contributed by atoms with van der Waals surface area (Å²) in [6, 6.07) is 0. The molecule has 0 saturated heterocycles. The minimum absolute atomic E-state index is 0.328. The van der Waals surface area contributed by atoms with Gasteiger partial charge in [-0.05, 0) is 19.8 Å². The van der Waals surface area contributed by atoms with Crippen LogP contribution in [0.25, 0.3) is 0 Å². The highest BCUT2D eigenvalue weighted by molar-refractivity contribution is 4.64. The molecule has 2 heteroatoms. The molecule has 0 aromatic carbocycles. The standard InChI is InChI=1S/C8H16O2/c1-7(9)10-8-5-3-2-4-6-8/h7-9H,2-6H2,1H3/t7-/m1/s1. The van der Waals surface area contributed by atoms with E-state index in [9.17, 15) is 0 Å². The van der Waals surface area contributed by atoms with Crippen LogP contribution >= 0.6 is 0 Å². The maximum Gasteiger partial charge on any atom is 0.152 e. The highest BCUT2D eigenvalue weighted by Gasteiger charge is 2.14. The van der Waals surface area contributed by atoms with Gasteiger partial charge < -0.3 is 9.84 Å². The highest BCUT2D eigenvalue weighted by Crippen LogP contribution is 2.20. The van der Waals surface area contributed by atoms with Crippen molar-refractivity contribution in [1.82, 2.24) is 0 Å². The fourth-order valence-electron chi connectivity index (χ4n) is 1.48. The zero-order valence-electron chi connectivity index (χ0n) is 6.55. The summed E-state index contributed by atoms with van der Waals surface area (Å²) in [5.41, 5.74) is 0. The molecule has 0 spiro atoms. The second kappa shape index (κ2) is 3.94. The summed E-state index contributed by atoms with van der Waals surface area (Å²) < 4.78 is 5.25. The molecule has 1 atom stereocenters. The first-order valence-electron chi connectivity index (χ1n) is 4.12. The van der Waals surface area contributed by atoms with E-state index in [4.69, 9.17) is 9.84 Å². The average Bonchev–Trinajstić information content (AvgIpc) is 1.88. The third-order valence-corrected chi connectivity index (χ3v) is 1.94. The van der Waals surface area contributed by atoms with Gasteiger partial charge in [0.15, 0.2) is 6.29 Å². The Kier molecular flexibility index (Phi) is 3.16. The van der Waals surface area contributed by atoms with Crippen LogP contribution in [0.5, 0.6) is 0 Å². The summed E-state index contributed by atoms with van der Waals surface area (Å²) in [5, 5.41) is 8.88. The molecule has 0 radical (unpaired) electrons. The van der Waals surface area contributed by atoms with E-state index in [0.717, 1.165) is 12.8 Å². The SMILES string of the molecule is C[C@H](O)OC1CCCCC1. The van der Waals surface area contributed by atoms with Gasteiger partial charge in [0.2, 0.25) is 0 Å². The van der Waals surface area contributed by atoms with E-state index >= 15 is 0 Å². The Labute approximate surface area is 62.2 Å². The number of aliphatic hydroxyl groups excluding tert-OH is 1. The molecule has 0 bridgehead atoms. The van der Waals surface area contributed by atoms with Gasteiger partial charge in [0, 0.05) is 0 Å². The van der Waals surface area contributed by atoms with E-state index in [0.29, 0.717) is 6.10 Å². The van der Waals surface area contributed by atoms with Crippen molar-refractivity contribution in [2.45, 2.75) is 51.4 Å². The van der Waals surface area contributed by atoms with Crippen LogP contribution in [0.1, 0.15) is 39.0 Å². The maximum atomic E-state index is 8.88. The lowest BCUT2D eigenvalue weighted by atomic mass is 9.98. The summed E-state index contributed by atoms with van der Waals surface area (Å²) in [6.07, 6.45) is 5.86. The van der Waals surface area contributed by atoms with Crippen molar-refractivity contribution < 1.29 is 9.84 Å². The van der Waals surface area contributed by atoms with E-state index in [1.165, 1.54) is 19.3 Å². The third-order valence-electron chi connectivity index (χ3n) is 1.94. The maximum absolute atomic E-state index is 8.88. The number of rotatable bonds is 2. The van der Waals surface area contributed by atoms with Crippen LogP contribution in [-0.2, 0) is 4.74 Å². The first-order valence-corrected chi connectivity index (χ1v) is 4.12. The molecule has 1 fully saturated rings. The number of ether oxygens (including phenoxy) is 1. The molecule has 1 saturated carbocycles. The molecule has 0 aromatic rings. The molecule has 0 amide bonds. The summed E-state index contributed by atoms with van der Waals surface area (Å²) in [5.74, 6) is 0. The van der Waals surface area contributed by atoms with E-state index in [1.54, 1.807) is 6.92 Å². The molecule has 1 N–H and O–H groups in total. The quantitative estimate of drug-likeness (QED) is 0.597. The lowest BCUT2D eigenvalue weighted by molar-refractivity contribution is -0.131. The third kappa shape index (κ3) is 2.67. The monoisotopic (exact) mass is 144 g/mol. The van der Waals surface area contributed by atoms with E-state index in [1.807, 2.05) is 0 Å². The molecule has 1 aliphatic carbocycles. The van der Waals surface area contributed by atoms with Gasteiger partial charge in [0.1, 0.15) is 0 Å². The Morgan fingerprint density at radius 3 is 2.40 bits per heavy atom. The fraction of sp³-hybridized carbons (Fsp3) is 1.00. The molecule has 2 nitrogen and oxygen atoms in total. The van der Waals surface area contributed by atoms with Gasteiger partial charge in [-0.3, -0.25) is 0 Å².